The molecule has 0 saturated heterocycles. The van der Waals surface area contributed by atoms with E-state index < -0.39 is 11.6 Å². The number of ether oxygens (including phenoxy) is 1. The van der Waals surface area contributed by atoms with Crippen molar-refractivity contribution < 1.29 is 19.1 Å². The summed E-state index contributed by atoms with van der Waals surface area (Å²) in [6.45, 7) is 0. The molecule has 0 spiro atoms. The van der Waals surface area contributed by atoms with E-state index in [4.69, 9.17) is 4.74 Å². The van der Waals surface area contributed by atoms with E-state index in [9.17, 15) is 14.4 Å². The molecule has 0 unspecified atom stereocenters. The lowest BCUT2D eigenvalue weighted by Gasteiger charge is -2.19. The zero-order valence-corrected chi connectivity index (χ0v) is 14.8. The van der Waals surface area contributed by atoms with Crippen molar-refractivity contribution in [3.8, 4) is 0 Å². The Balaban J connectivity index is 1.82. The Morgan fingerprint density at radius 2 is 1.85 bits per heavy atom. The van der Waals surface area contributed by atoms with Crippen LogP contribution in [-0.2, 0) is 20.7 Å². The summed E-state index contributed by atoms with van der Waals surface area (Å²) in [5.41, 5.74) is 3.61. The van der Waals surface area contributed by atoms with Gasteiger partial charge in [0, 0.05) is 29.8 Å². The Bertz CT molecular complexity index is 1120. The maximum Gasteiger partial charge on any atom is 0.305 e. The highest BCUT2D eigenvalue weighted by atomic mass is 16.5. The number of para-hydroxylation sites is 1. The van der Waals surface area contributed by atoms with E-state index in [0.29, 0.717) is 23.2 Å². The van der Waals surface area contributed by atoms with Crippen molar-refractivity contribution in [1.82, 2.24) is 4.57 Å². The topological polar surface area (TPSA) is 65.4 Å². The number of benzene rings is 2. The van der Waals surface area contributed by atoms with Crippen LogP contribution in [0.25, 0.3) is 16.6 Å². The van der Waals surface area contributed by atoms with Crippen LogP contribution in [0.4, 0.5) is 0 Å². The molecule has 4 rings (SSSR count). The quantitative estimate of drug-likeness (QED) is 0.529. The number of hydrogen-bond donors (Lipinski definition) is 0. The second kappa shape index (κ2) is 6.68. The molecule has 1 aromatic heterocycles. The monoisotopic (exact) mass is 359 g/mol. The molecule has 0 saturated carbocycles. The van der Waals surface area contributed by atoms with E-state index in [2.05, 4.69) is 0 Å². The van der Waals surface area contributed by atoms with Gasteiger partial charge in [-0.05, 0) is 41.6 Å². The smallest absolute Gasteiger partial charge is 0.305 e. The highest BCUT2D eigenvalue weighted by Gasteiger charge is 2.27. The normalized spacial score (nSPS) is 13.4. The van der Waals surface area contributed by atoms with Crippen molar-refractivity contribution in [3.63, 3.8) is 0 Å². The van der Waals surface area contributed by atoms with E-state index in [1.54, 1.807) is 12.1 Å². The van der Waals surface area contributed by atoms with Crippen LogP contribution in [0, 0.1) is 0 Å². The lowest BCUT2D eigenvalue weighted by Crippen LogP contribution is -2.21. The van der Waals surface area contributed by atoms with Gasteiger partial charge in [0.25, 0.3) is 0 Å². The number of esters is 1. The molecule has 0 aliphatic heterocycles. The first-order valence-electron chi connectivity index (χ1n) is 8.65. The fourth-order valence-corrected chi connectivity index (χ4v) is 3.40. The summed E-state index contributed by atoms with van der Waals surface area (Å²) in [4.78, 5) is 36.0. The van der Waals surface area contributed by atoms with Crippen LogP contribution < -0.4 is 0 Å². The number of carbonyl (C=O) groups is 3. The predicted molar refractivity (Wildman–Crippen MR) is 101 cm³/mol. The summed E-state index contributed by atoms with van der Waals surface area (Å²) in [7, 11) is 1.36. The molecule has 0 bridgehead atoms. The van der Waals surface area contributed by atoms with Gasteiger partial charge in [0.15, 0.2) is 0 Å². The largest absolute Gasteiger partial charge is 0.469 e. The number of Topliss-reactive ketones (excluding diaryl/α,β-unsaturated/α-hetero) is 1. The van der Waals surface area contributed by atoms with Gasteiger partial charge < -0.3 is 9.30 Å². The standard InChI is InChI=1S/C22H17NO4/c1-27-21(25)9-7-14-6-8-16-17(12-14)19(13-20(24)22(16)26)23-11-10-15-4-2-3-5-18(15)23/h2-6,8,10-13H,7,9H2,1H3. The van der Waals surface area contributed by atoms with Crippen LogP contribution in [0.2, 0.25) is 0 Å². The SMILES string of the molecule is COC(=O)CCc1ccc2c(c1)C(n1ccc3ccccc31)=CC(=O)C2=O. The number of ketones is 2. The van der Waals surface area contributed by atoms with Crippen LogP contribution in [0.5, 0.6) is 0 Å². The van der Waals surface area contributed by atoms with Gasteiger partial charge in [-0.15, -0.1) is 0 Å². The van der Waals surface area contributed by atoms with Crippen molar-refractivity contribution in [2.24, 2.45) is 0 Å². The summed E-state index contributed by atoms with van der Waals surface area (Å²) in [5.74, 6) is -1.33. The maximum absolute atomic E-state index is 12.3. The summed E-state index contributed by atoms with van der Waals surface area (Å²) in [6, 6.07) is 15.2. The Morgan fingerprint density at radius 3 is 2.67 bits per heavy atom. The molecule has 2 aromatic carbocycles. The molecule has 3 aromatic rings. The molecule has 0 N–H and O–H groups in total. The summed E-state index contributed by atoms with van der Waals surface area (Å²) in [5, 5.41) is 1.05. The van der Waals surface area contributed by atoms with Crippen LogP contribution in [0.3, 0.4) is 0 Å². The van der Waals surface area contributed by atoms with E-state index in [0.717, 1.165) is 16.5 Å². The Labute approximate surface area is 155 Å². The van der Waals surface area contributed by atoms with Crippen molar-refractivity contribution in [1.29, 1.82) is 0 Å². The third-order valence-corrected chi connectivity index (χ3v) is 4.80. The van der Waals surface area contributed by atoms with Crippen molar-refractivity contribution >= 4 is 34.1 Å². The lowest BCUT2D eigenvalue weighted by molar-refractivity contribution is -0.140. The molecule has 134 valence electrons. The number of aryl methyl sites for hydroxylation is 1. The minimum atomic E-state index is -0.530. The molecule has 5 nitrogen and oxygen atoms in total. The van der Waals surface area contributed by atoms with Crippen molar-refractivity contribution in [2.45, 2.75) is 12.8 Å². The summed E-state index contributed by atoms with van der Waals surface area (Å²) in [6.07, 6.45) is 4.04. The molecule has 0 radical (unpaired) electrons. The first kappa shape index (κ1) is 17.0. The zero-order valence-electron chi connectivity index (χ0n) is 14.8. The predicted octanol–water partition coefficient (Wildman–Crippen LogP) is 3.40. The number of nitrogens with zero attached hydrogens (tertiary/aromatic N) is 1. The molecule has 5 heteroatoms. The molecular weight excluding hydrogens is 342 g/mol. The van der Waals surface area contributed by atoms with Crippen LogP contribution in [-0.4, -0.2) is 29.2 Å². The van der Waals surface area contributed by atoms with E-state index in [1.165, 1.54) is 13.2 Å². The first-order chi connectivity index (χ1) is 13.1. The maximum atomic E-state index is 12.3. The van der Waals surface area contributed by atoms with Gasteiger partial charge >= 0.3 is 5.97 Å². The van der Waals surface area contributed by atoms with Gasteiger partial charge in [-0.25, -0.2) is 0 Å². The fraction of sp³-hybridized carbons (Fsp3) is 0.136. The molecule has 27 heavy (non-hydrogen) atoms. The fourth-order valence-electron chi connectivity index (χ4n) is 3.40. The molecular formula is C22H17NO4. The van der Waals surface area contributed by atoms with Gasteiger partial charge in [-0.1, -0.05) is 24.3 Å². The number of aromatic nitrogens is 1. The van der Waals surface area contributed by atoms with Crippen LogP contribution >= 0.6 is 0 Å². The van der Waals surface area contributed by atoms with Gasteiger partial charge in [0.1, 0.15) is 0 Å². The molecule has 1 aliphatic carbocycles. The van der Waals surface area contributed by atoms with Gasteiger partial charge in [0.2, 0.25) is 11.6 Å². The van der Waals surface area contributed by atoms with Gasteiger partial charge in [-0.2, -0.15) is 0 Å². The van der Waals surface area contributed by atoms with E-state index >= 15 is 0 Å². The zero-order chi connectivity index (χ0) is 19.0. The molecule has 1 aliphatic rings. The summed E-state index contributed by atoms with van der Waals surface area (Å²) < 4.78 is 6.61. The number of allylic oxidation sites excluding steroid dienone is 1. The molecule has 0 amide bonds. The second-order valence-electron chi connectivity index (χ2n) is 6.42. The van der Waals surface area contributed by atoms with Gasteiger partial charge in [0.05, 0.1) is 18.3 Å². The Morgan fingerprint density at radius 1 is 1.04 bits per heavy atom. The third kappa shape index (κ3) is 2.97. The summed E-state index contributed by atoms with van der Waals surface area (Å²) >= 11 is 0. The number of carbonyl (C=O) groups excluding carboxylic acids is 3. The van der Waals surface area contributed by atoms with Crippen molar-refractivity contribution in [3.05, 3.63) is 77.5 Å². The number of rotatable bonds is 4. The molecule has 0 atom stereocenters. The lowest BCUT2D eigenvalue weighted by atomic mass is 9.90. The van der Waals surface area contributed by atoms with E-state index in [1.807, 2.05) is 47.2 Å². The van der Waals surface area contributed by atoms with Crippen molar-refractivity contribution in [2.75, 3.05) is 7.11 Å². The number of fused-ring (bicyclic) bond motifs is 2. The number of hydrogen-bond acceptors (Lipinski definition) is 4. The Hall–Kier alpha value is -3.47. The minimum absolute atomic E-state index is 0.258. The first-order valence-corrected chi connectivity index (χ1v) is 8.65. The average Bonchev–Trinajstić information content (AvgIpc) is 3.12. The van der Waals surface area contributed by atoms with Gasteiger partial charge in [-0.3, -0.25) is 14.4 Å². The molecule has 0 fully saturated rings. The minimum Gasteiger partial charge on any atom is -0.469 e. The molecule has 1 heterocycles. The highest BCUT2D eigenvalue weighted by molar-refractivity contribution is 6.50. The van der Waals surface area contributed by atoms with Crippen LogP contribution in [0.1, 0.15) is 27.9 Å². The average molecular weight is 359 g/mol. The number of methoxy groups -OCH3 is 1. The van der Waals surface area contributed by atoms with Crippen LogP contribution in [0.15, 0.2) is 60.8 Å². The second-order valence-corrected chi connectivity index (χ2v) is 6.42. The highest BCUT2D eigenvalue weighted by Crippen LogP contribution is 2.31. The van der Waals surface area contributed by atoms with E-state index in [-0.39, 0.29) is 12.4 Å². The third-order valence-electron chi connectivity index (χ3n) is 4.80. The Kier molecular flexibility index (Phi) is 4.20.